The third kappa shape index (κ3) is 5.49. The molecule has 0 aliphatic carbocycles. The molecule has 0 aliphatic heterocycles. The van der Waals surface area contributed by atoms with Gasteiger partial charge in [-0.2, -0.15) is 4.98 Å². The highest BCUT2D eigenvalue weighted by Gasteiger charge is 2.21. The number of aliphatic imine (C=N–C) groups is 1. The smallest absolute Gasteiger partial charge is 0.280 e. The van der Waals surface area contributed by atoms with Gasteiger partial charge in [0.1, 0.15) is 18.0 Å². The molecule has 0 unspecified atom stereocenters. The molecule has 0 fully saturated rings. The van der Waals surface area contributed by atoms with E-state index in [1.165, 1.54) is 10.8 Å². The van der Waals surface area contributed by atoms with Gasteiger partial charge in [-0.05, 0) is 51.5 Å². The fourth-order valence-corrected chi connectivity index (χ4v) is 3.34. The van der Waals surface area contributed by atoms with Crippen molar-refractivity contribution in [1.29, 1.82) is 0 Å². The van der Waals surface area contributed by atoms with Crippen molar-refractivity contribution in [2.75, 3.05) is 13.7 Å². The van der Waals surface area contributed by atoms with Gasteiger partial charge in [0.15, 0.2) is 10.8 Å². The molecule has 0 saturated carbocycles. The zero-order chi connectivity index (χ0) is 25.0. The molecule has 3 aromatic rings. The predicted molar refractivity (Wildman–Crippen MR) is 133 cm³/mol. The topological polar surface area (TPSA) is 129 Å². The van der Waals surface area contributed by atoms with Crippen molar-refractivity contribution in [3.8, 4) is 22.8 Å². The molecule has 0 saturated heterocycles. The first-order valence-electron chi connectivity index (χ1n) is 10.5. The summed E-state index contributed by atoms with van der Waals surface area (Å²) >= 11 is 6.33. The van der Waals surface area contributed by atoms with E-state index in [0.29, 0.717) is 28.7 Å². The number of ether oxygens (including phenoxy) is 1. The molecule has 0 aliphatic rings. The highest BCUT2D eigenvalue weighted by molar-refractivity contribution is 6.31. The van der Waals surface area contributed by atoms with Gasteiger partial charge in [0.2, 0.25) is 5.88 Å². The molecular formula is C24H27ClN6O3. The molecule has 0 atom stereocenters. The Labute approximate surface area is 202 Å². The van der Waals surface area contributed by atoms with Crippen molar-refractivity contribution in [2.45, 2.75) is 33.3 Å². The zero-order valence-corrected chi connectivity index (χ0v) is 20.5. The normalized spacial score (nSPS) is 12.4. The summed E-state index contributed by atoms with van der Waals surface area (Å²) in [5.41, 5.74) is 7.38. The number of allylic oxidation sites excluding steroid dienone is 1. The van der Waals surface area contributed by atoms with E-state index in [1.807, 2.05) is 25.1 Å². The first kappa shape index (κ1) is 25.1. The van der Waals surface area contributed by atoms with Crippen LogP contribution in [0.25, 0.3) is 16.9 Å². The third-order valence-electron chi connectivity index (χ3n) is 4.93. The van der Waals surface area contributed by atoms with Crippen LogP contribution in [0.4, 0.5) is 0 Å². The average Bonchev–Trinajstić information content (AvgIpc) is 2.79. The quantitative estimate of drug-likeness (QED) is 0.495. The van der Waals surface area contributed by atoms with E-state index in [2.05, 4.69) is 19.9 Å². The number of aryl methyl sites for hydroxylation is 2. The van der Waals surface area contributed by atoms with Gasteiger partial charge >= 0.3 is 0 Å². The maximum absolute atomic E-state index is 13.2. The second kappa shape index (κ2) is 10.1. The number of hydrogen-bond acceptors (Lipinski definition) is 8. The Kier molecular flexibility index (Phi) is 7.48. The lowest BCUT2D eigenvalue weighted by atomic mass is 10.1. The zero-order valence-electron chi connectivity index (χ0n) is 19.7. The number of hydrogen-bond donors (Lipinski definition) is 2. The number of aromatic nitrogens is 4. The lowest BCUT2D eigenvalue weighted by Gasteiger charge is -2.17. The Morgan fingerprint density at radius 3 is 2.71 bits per heavy atom. The molecule has 3 rings (SSSR count). The van der Waals surface area contributed by atoms with Crippen molar-refractivity contribution in [3.63, 3.8) is 0 Å². The second-order valence-corrected chi connectivity index (χ2v) is 8.56. The van der Waals surface area contributed by atoms with Crippen LogP contribution in [-0.4, -0.2) is 44.5 Å². The Bertz CT molecular complexity index is 1330. The number of rotatable bonds is 7. The van der Waals surface area contributed by atoms with Crippen molar-refractivity contribution >= 4 is 17.8 Å². The number of benzene rings is 1. The largest absolute Gasteiger partial charge is 0.470 e. The van der Waals surface area contributed by atoms with E-state index in [4.69, 9.17) is 22.1 Å². The van der Waals surface area contributed by atoms with Crippen LogP contribution in [-0.2, 0) is 5.60 Å². The number of halogens is 1. The summed E-state index contributed by atoms with van der Waals surface area (Å²) in [6.45, 7) is 6.82. The van der Waals surface area contributed by atoms with Gasteiger partial charge in [-0.25, -0.2) is 9.97 Å². The van der Waals surface area contributed by atoms with Crippen molar-refractivity contribution < 1.29 is 9.84 Å². The van der Waals surface area contributed by atoms with Crippen LogP contribution in [0.5, 0.6) is 5.88 Å². The molecule has 2 aromatic heterocycles. The minimum atomic E-state index is -1.19. The van der Waals surface area contributed by atoms with Crippen molar-refractivity contribution in [1.82, 2.24) is 19.5 Å². The van der Waals surface area contributed by atoms with Crippen LogP contribution in [0.1, 0.15) is 31.1 Å². The predicted octanol–water partition coefficient (Wildman–Crippen LogP) is 3.11. The Morgan fingerprint density at radius 1 is 1.29 bits per heavy atom. The molecule has 9 nitrogen and oxygen atoms in total. The van der Waals surface area contributed by atoms with E-state index in [0.717, 1.165) is 11.1 Å². The lowest BCUT2D eigenvalue weighted by molar-refractivity contribution is 0.0688. The Morgan fingerprint density at radius 2 is 2.03 bits per heavy atom. The fourth-order valence-electron chi connectivity index (χ4n) is 3.16. The van der Waals surface area contributed by atoms with E-state index >= 15 is 0 Å². The molecule has 0 amide bonds. The van der Waals surface area contributed by atoms with Gasteiger partial charge in [0.05, 0.1) is 11.4 Å². The van der Waals surface area contributed by atoms with Crippen molar-refractivity contribution in [3.05, 3.63) is 74.8 Å². The highest BCUT2D eigenvalue weighted by atomic mass is 35.5. The summed E-state index contributed by atoms with van der Waals surface area (Å²) in [6.07, 6.45) is 4.71. The second-order valence-electron chi connectivity index (χ2n) is 8.18. The summed E-state index contributed by atoms with van der Waals surface area (Å²) in [4.78, 5) is 30.0. The maximum Gasteiger partial charge on any atom is 0.280 e. The van der Waals surface area contributed by atoms with Gasteiger partial charge in [-0.3, -0.25) is 14.4 Å². The molecule has 0 spiro atoms. The van der Waals surface area contributed by atoms with Crippen LogP contribution >= 0.6 is 11.6 Å². The first-order valence-corrected chi connectivity index (χ1v) is 10.9. The van der Waals surface area contributed by atoms with Gasteiger partial charge in [-0.15, -0.1) is 0 Å². The highest BCUT2D eigenvalue weighted by Crippen LogP contribution is 2.26. The van der Waals surface area contributed by atoms with Crippen LogP contribution < -0.4 is 16.0 Å². The molecule has 34 heavy (non-hydrogen) atoms. The van der Waals surface area contributed by atoms with Gasteiger partial charge < -0.3 is 15.6 Å². The van der Waals surface area contributed by atoms with E-state index in [-0.39, 0.29) is 17.5 Å². The van der Waals surface area contributed by atoms with E-state index < -0.39 is 11.2 Å². The van der Waals surface area contributed by atoms with Crippen LogP contribution in [0.15, 0.2) is 52.0 Å². The molecule has 3 N–H and O–H groups in total. The van der Waals surface area contributed by atoms with Crippen LogP contribution in [0, 0.1) is 13.8 Å². The molecule has 0 bridgehead atoms. The monoisotopic (exact) mass is 482 g/mol. The molecular weight excluding hydrogens is 456 g/mol. The molecule has 10 heteroatoms. The third-order valence-corrected chi connectivity index (χ3v) is 5.25. The molecule has 1 aromatic carbocycles. The Hall–Kier alpha value is -3.56. The summed E-state index contributed by atoms with van der Waals surface area (Å²) in [5, 5.41) is 10.1. The summed E-state index contributed by atoms with van der Waals surface area (Å²) in [6, 6.07) is 7.32. The molecule has 0 radical (unpaired) electrons. The summed E-state index contributed by atoms with van der Waals surface area (Å²) in [5.74, 6) is 0.692. The standard InChI is InChI=1S/C24H27ClN6O3/c1-14-6-7-16(18-9-11-28-23(30-18)24(3,4)33)12-19(14)31-15(2)29-21(20(25)22(31)32)34-13-17(26)8-10-27-5/h6-12,33H,13,26H2,1-5H3/b17-8-,27-10?. The van der Waals surface area contributed by atoms with Crippen LogP contribution in [0.2, 0.25) is 5.02 Å². The minimum Gasteiger partial charge on any atom is -0.470 e. The Balaban J connectivity index is 2.04. The van der Waals surface area contributed by atoms with Gasteiger partial charge in [-0.1, -0.05) is 23.7 Å². The van der Waals surface area contributed by atoms with Gasteiger partial charge in [0, 0.05) is 30.7 Å². The van der Waals surface area contributed by atoms with E-state index in [1.54, 1.807) is 46.2 Å². The SMILES string of the molecule is CN=C/C=C(\N)COc1nc(C)n(-c2cc(-c3ccnc(C(C)(C)O)n3)ccc2C)c(=O)c1Cl. The van der Waals surface area contributed by atoms with Crippen molar-refractivity contribution in [2.24, 2.45) is 10.7 Å². The van der Waals surface area contributed by atoms with Crippen LogP contribution in [0.3, 0.4) is 0 Å². The van der Waals surface area contributed by atoms with Gasteiger partial charge in [0.25, 0.3) is 5.56 Å². The number of nitrogens with two attached hydrogens (primary N) is 1. The molecule has 178 valence electrons. The summed E-state index contributed by atoms with van der Waals surface area (Å²) < 4.78 is 6.99. The molecule has 2 heterocycles. The number of aliphatic hydroxyl groups is 1. The first-order chi connectivity index (χ1) is 16.0. The minimum absolute atomic E-state index is 0.00429. The fraction of sp³-hybridized carbons (Fsp3) is 0.292. The average molecular weight is 483 g/mol. The number of nitrogens with zero attached hydrogens (tertiary/aromatic N) is 5. The van der Waals surface area contributed by atoms with E-state index in [9.17, 15) is 9.90 Å². The summed E-state index contributed by atoms with van der Waals surface area (Å²) in [7, 11) is 1.63. The lowest BCUT2D eigenvalue weighted by Crippen LogP contribution is -2.25. The maximum atomic E-state index is 13.2.